The molecule has 0 rings (SSSR count). The first-order valence-corrected chi connectivity index (χ1v) is 3.58. The van der Waals surface area contributed by atoms with Crippen LogP contribution in [0.1, 0.15) is 26.7 Å². The van der Waals surface area contributed by atoms with Gasteiger partial charge in [0.15, 0.2) is 0 Å². The second kappa shape index (κ2) is 3.96. The molecular formula is C6H11BrO. The van der Waals surface area contributed by atoms with Crippen molar-refractivity contribution in [3.8, 4) is 0 Å². The Morgan fingerprint density at radius 3 is 2.00 bits per heavy atom. The van der Waals surface area contributed by atoms with Gasteiger partial charge in [-0.25, -0.2) is 0 Å². The fraction of sp³-hybridized carbons (Fsp3) is 0.667. The van der Waals surface area contributed by atoms with Crippen molar-refractivity contribution in [3.05, 3.63) is 10.2 Å². The summed E-state index contributed by atoms with van der Waals surface area (Å²) >= 11 is 3.23. The van der Waals surface area contributed by atoms with Crippen molar-refractivity contribution < 1.29 is 5.11 Å². The normalized spacial score (nSPS) is 13.4. The molecule has 0 unspecified atom stereocenters. The summed E-state index contributed by atoms with van der Waals surface area (Å²) in [6, 6.07) is 0. The number of rotatable bonds is 2. The van der Waals surface area contributed by atoms with Gasteiger partial charge in [0.2, 0.25) is 0 Å². The summed E-state index contributed by atoms with van der Waals surface area (Å²) in [5.41, 5.74) is 0. The summed E-state index contributed by atoms with van der Waals surface area (Å²) in [6.07, 6.45) is 1.59. The van der Waals surface area contributed by atoms with E-state index in [4.69, 9.17) is 5.11 Å². The van der Waals surface area contributed by atoms with Gasteiger partial charge in [-0.15, -0.1) is 0 Å². The summed E-state index contributed by atoms with van der Waals surface area (Å²) in [5, 5.41) is 8.96. The molecule has 0 fully saturated rings. The molecule has 0 spiro atoms. The maximum atomic E-state index is 8.96. The van der Waals surface area contributed by atoms with E-state index in [1.165, 1.54) is 0 Å². The van der Waals surface area contributed by atoms with Gasteiger partial charge in [-0.3, -0.25) is 0 Å². The van der Waals surface area contributed by atoms with Crippen molar-refractivity contribution in [3.63, 3.8) is 0 Å². The number of hydrogen-bond acceptors (Lipinski definition) is 1. The van der Waals surface area contributed by atoms with Crippen LogP contribution in [0, 0.1) is 0 Å². The van der Waals surface area contributed by atoms with Crippen LogP contribution in [0.2, 0.25) is 0 Å². The van der Waals surface area contributed by atoms with Gasteiger partial charge < -0.3 is 5.11 Å². The molecule has 0 radical (unpaired) electrons. The van der Waals surface area contributed by atoms with Crippen molar-refractivity contribution in [1.82, 2.24) is 0 Å². The zero-order chi connectivity index (χ0) is 6.57. The molecule has 0 heterocycles. The Balaban J connectivity index is 3.83. The van der Waals surface area contributed by atoms with Crippen LogP contribution >= 0.6 is 15.9 Å². The summed E-state index contributed by atoms with van der Waals surface area (Å²) in [6.45, 7) is 3.92. The minimum absolute atomic E-state index is 0.465. The van der Waals surface area contributed by atoms with Crippen LogP contribution in [0.15, 0.2) is 10.2 Å². The highest BCUT2D eigenvalue weighted by Crippen LogP contribution is 2.15. The van der Waals surface area contributed by atoms with Gasteiger partial charge in [-0.2, -0.15) is 0 Å². The third-order valence-electron chi connectivity index (χ3n) is 0.958. The Kier molecular flexibility index (Phi) is 3.97. The third-order valence-corrected chi connectivity index (χ3v) is 1.98. The van der Waals surface area contributed by atoms with Gasteiger partial charge in [0.1, 0.15) is 5.76 Å². The molecule has 0 aromatic rings. The number of hydrogen-bond donors (Lipinski definition) is 1. The third kappa shape index (κ3) is 2.36. The average Bonchev–Trinajstić information content (AvgIpc) is 1.84. The molecule has 48 valence electrons. The van der Waals surface area contributed by atoms with Crippen LogP contribution < -0.4 is 0 Å². The first-order valence-electron chi connectivity index (χ1n) is 2.78. The molecule has 1 N–H and O–H groups in total. The van der Waals surface area contributed by atoms with E-state index >= 15 is 0 Å². The Morgan fingerprint density at radius 2 is 1.88 bits per heavy atom. The Morgan fingerprint density at radius 1 is 1.38 bits per heavy atom. The lowest BCUT2D eigenvalue weighted by Gasteiger charge is -1.95. The fourth-order valence-electron chi connectivity index (χ4n) is 0.396. The summed E-state index contributed by atoms with van der Waals surface area (Å²) < 4.78 is 0.917. The Bertz CT molecular complexity index is 84.7. The molecule has 0 aromatic carbocycles. The molecule has 0 aliphatic rings. The number of halogens is 1. The molecule has 0 aliphatic carbocycles. The molecule has 0 saturated carbocycles. The molecular weight excluding hydrogens is 168 g/mol. The van der Waals surface area contributed by atoms with Crippen molar-refractivity contribution in [1.29, 1.82) is 0 Å². The number of aliphatic hydroxyl groups excluding tert-OH is 1. The maximum Gasteiger partial charge on any atom is 0.102 e. The van der Waals surface area contributed by atoms with E-state index < -0.39 is 0 Å². The van der Waals surface area contributed by atoms with Gasteiger partial charge in [-0.05, 0) is 6.42 Å². The SMILES string of the molecule is CC/C(O)=C(/Br)CC. The zero-order valence-corrected chi connectivity index (χ0v) is 6.83. The van der Waals surface area contributed by atoms with Crippen LogP contribution in [0.4, 0.5) is 0 Å². The van der Waals surface area contributed by atoms with E-state index in [2.05, 4.69) is 15.9 Å². The minimum atomic E-state index is 0.465. The van der Waals surface area contributed by atoms with E-state index in [-0.39, 0.29) is 0 Å². The first kappa shape index (κ1) is 8.02. The molecule has 0 aromatic heterocycles. The molecule has 2 heteroatoms. The van der Waals surface area contributed by atoms with E-state index in [9.17, 15) is 0 Å². The predicted molar refractivity (Wildman–Crippen MR) is 39.2 cm³/mol. The van der Waals surface area contributed by atoms with Crippen molar-refractivity contribution in [2.75, 3.05) is 0 Å². The highest BCUT2D eigenvalue weighted by atomic mass is 79.9. The largest absolute Gasteiger partial charge is 0.511 e. The molecule has 0 atom stereocenters. The second-order valence-electron chi connectivity index (χ2n) is 1.56. The first-order chi connectivity index (χ1) is 3.72. The highest BCUT2D eigenvalue weighted by molar-refractivity contribution is 9.11. The highest BCUT2D eigenvalue weighted by Gasteiger charge is 1.93. The standard InChI is InChI=1S/C6H11BrO/c1-3-5(7)6(8)4-2/h8H,3-4H2,1-2H3/b6-5-. The predicted octanol–water partition coefficient (Wildman–Crippen LogP) is 2.97. The van der Waals surface area contributed by atoms with E-state index in [0.29, 0.717) is 12.2 Å². The fourth-order valence-corrected chi connectivity index (χ4v) is 0.676. The lowest BCUT2D eigenvalue weighted by atomic mass is 10.3. The van der Waals surface area contributed by atoms with Gasteiger partial charge in [-0.1, -0.05) is 29.8 Å². The molecule has 0 amide bonds. The van der Waals surface area contributed by atoms with E-state index in [0.717, 1.165) is 10.9 Å². The van der Waals surface area contributed by atoms with Crippen LogP contribution in [-0.4, -0.2) is 5.11 Å². The lowest BCUT2D eigenvalue weighted by Crippen LogP contribution is -1.79. The van der Waals surface area contributed by atoms with Crippen LogP contribution in [0.25, 0.3) is 0 Å². The smallest absolute Gasteiger partial charge is 0.102 e. The quantitative estimate of drug-likeness (QED) is 0.646. The molecule has 8 heavy (non-hydrogen) atoms. The van der Waals surface area contributed by atoms with Crippen LogP contribution in [0.3, 0.4) is 0 Å². The average molecular weight is 179 g/mol. The van der Waals surface area contributed by atoms with E-state index in [1.54, 1.807) is 0 Å². The van der Waals surface area contributed by atoms with Crippen molar-refractivity contribution >= 4 is 15.9 Å². The van der Waals surface area contributed by atoms with Gasteiger partial charge in [0, 0.05) is 10.9 Å². The number of allylic oxidation sites excluding steroid dienone is 2. The van der Waals surface area contributed by atoms with E-state index in [1.807, 2.05) is 13.8 Å². The molecule has 1 nitrogen and oxygen atoms in total. The van der Waals surface area contributed by atoms with Gasteiger partial charge >= 0.3 is 0 Å². The van der Waals surface area contributed by atoms with Crippen molar-refractivity contribution in [2.24, 2.45) is 0 Å². The monoisotopic (exact) mass is 178 g/mol. The maximum absolute atomic E-state index is 8.96. The van der Waals surface area contributed by atoms with Gasteiger partial charge in [0.05, 0.1) is 0 Å². The molecule has 0 aliphatic heterocycles. The summed E-state index contributed by atoms with van der Waals surface area (Å²) in [5.74, 6) is 0.465. The lowest BCUT2D eigenvalue weighted by molar-refractivity contribution is 0.390. The number of aliphatic hydroxyl groups is 1. The summed E-state index contributed by atoms with van der Waals surface area (Å²) in [7, 11) is 0. The van der Waals surface area contributed by atoms with Crippen LogP contribution in [-0.2, 0) is 0 Å². The molecule has 0 bridgehead atoms. The Labute approximate surface area is 58.5 Å². The van der Waals surface area contributed by atoms with Crippen LogP contribution in [0.5, 0.6) is 0 Å². The topological polar surface area (TPSA) is 20.2 Å². The summed E-state index contributed by atoms with van der Waals surface area (Å²) in [4.78, 5) is 0. The van der Waals surface area contributed by atoms with Crippen molar-refractivity contribution in [2.45, 2.75) is 26.7 Å². The van der Waals surface area contributed by atoms with Gasteiger partial charge in [0.25, 0.3) is 0 Å². The Hall–Kier alpha value is 0.0200. The zero-order valence-electron chi connectivity index (χ0n) is 5.24. The molecule has 0 saturated heterocycles. The minimum Gasteiger partial charge on any atom is -0.511 e. The second-order valence-corrected chi connectivity index (χ2v) is 2.52.